The highest BCUT2D eigenvalue weighted by Crippen LogP contribution is 2.23. The lowest BCUT2D eigenvalue weighted by Gasteiger charge is -2.07. The number of hydrogen-bond donors (Lipinski definition) is 1. The second kappa shape index (κ2) is 6.91. The van der Waals surface area contributed by atoms with Gasteiger partial charge in [-0.25, -0.2) is 4.98 Å². The summed E-state index contributed by atoms with van der Waals surface area (Å²) < 4.78 is 10.8. The van der Waals surface area contributed by atoms with E-state index in [1.807, 2.05) is 24.3 Å². The number of carbonyl (C=O) groups is 2. The van der Waals surface area contributed by atoms with E-state index in [0.29, 0.717) is 17.7 Å². The maximum atomic E-state index is 12.1. The lowest BCUT2D eigenvalue weighted by molar-refractivity contribution is -0.114. The van der Waals surface area contributed by atoms with Crippen molar-refractivity contribution in [3.63, 3.8) is 0 Å². The van der Waals surface area contributed by atoms with E-state index in [-0.39, 0.29) is 12.2 Å². The molecule has 0 spiro atoms. The van der Waals surface area contributed by atoms with Crippen molar-refractivity contribution in [3.05, 3.63) is 65.6 Å². The number of aromatic amines is 1. The van der Waals surface area contributed by atoms with Crippen molar-refractivity contribution in [3.8, 4) is 5.75 Å². The highest BCUT2D eigenvalue weighted by molar-refractivity contribution is 6.43. The zero-order chi connectivity index (χ0) is 16.9. The largest absolute Gasteiger partial charge is 0.496 e. The Morgan fingerprint density at radius 2 is 2.04 bits per heavy atom. The van der Waals surface area contributed by atoms with Gasteiger partial charge in [0, 0.05) is 24.0 Å². The van der Waals surface area contributed by atoms with Crippen molar-refractivity contribution in [1.29, 1.82) is 0 Å². The molecule has 0 saturated heterocycles. The smallest absolute Gasteiger partial charge is 0.267 e. The van der Waals surface area contributed by atoms with Crippen LogP contribution < -0.4 is 4.74 Å². The average Bonchev–Trinajstić information content (AvgIpc) is 3.27. The average molecular weight is 325 g/mol. The lowest BCUT2D eigenvalue weighted by Crippen LogP contribution is -2.18. The highest BCUT2D eigenvalue weighted by atomic mass is 16.5. The van der Waals surface area contributed by atoms with E-state index < -0.39 is 11.6 Å². The molecule has 24 heavy (non-hydrogen) atoms. The number of benzene rings is 1. The van der Waals surface area contributed by atoms with Gasteiger partial charge in [-0.15, -0.1) is 5.10 Å². The third-order valence-corrected chi connectivity index (χ3v) is 3.60. The summed E-state index contributed by atoms with van der Waals surface area (Å²) in [5.41, 5.74) is 1.60. The van der Waals surface area contributed by atoms with Gasteiger partial charge in [0.2, 0.25) is 11.6 Å². The Hall–Kier alpha value is -3.22. The summed E-state index contributed by atoms with van der Waals surface area (Å²) in [7, 11) is 1.60. The molecule has 3 rings (SSSR count). The van der Waals surface area contributed by atoms with Gasteiger partial charge in [-0.05, 0) is 12.1 Å². The number of Topliss-reactive ketones (excluding diaryl/α,β-unsaturated/α-hetero) is 2. The summed E-state index contributed by atoms with van der Waals surface area (Å²) in [6.07, 6.45) is 3.17. The van der Waals surface area contributed by atoms with Gasteiger partial charge in [0.15, 0.2) is 0 Å². The first-order valence-electron chi connectivity index (χ1n) is 7.29. The topological polar surface area (TPSA) is 98.1 Å². The van der Waals surface area contributed by atoms with Crippen LogP contribution in [0.4, 0.5) is 0 Å². The molecule has 0 unspecified atom stereocenters. The van der Waals surface area contributed by atoms with Crippen LogP contribution in [0.2, 0.25) is 0 Å². The molecule has 0 saturated carbocycles. The molecular formula is C17H15N3O4. The summed E-state index contributed by atoms with van der Waals surface area (Å²) >= 11 is 0. The fourth-order valence-electron chi connectivity index (χ4n) is 2.40. The molecule has 7 heteroatoms. The molecule has 0 fully saturated rings. The molecule has 2 heterocycles. The molecular weight excluding hydrogens is 310 g/mol. The lowest BCUT2D eigenvalue weighted by atomic mass is 10.0. The van der Waals surface area contributed by atoms with Crippen molar-refractivity contribution in [2.24, 2.45) is 0 Å². The van der Waals surface area contributed by atoms with E-state index in [2.05, 4.69) is 15.2 Å². The minimum Gasteiger partial charge on any atom is -0.496 e. The van der Waals surface area contributed by atoms with Crippen LogP contribution >= 0.6 is 0 Å². The zero-order valence-corrected chi connectivity index (χ0v) is 13.0. The van der Waals surface area contributed by atoms with Crippen LogP contribution in [-0.2, 0) is 17.6 Å². The van der Waals surface area contributed by atoms with Crippen LogP contribution in [0.3, 0.4) is 0 Å². The number of H-pyrrole nitrogens is 1. The molecule has 1 N–H and O–H groups in total. The van der Waals surface area contributed by atoms with E-state index in [9.17, 15) is 9.59 Å². The van der Waals surface area contributed by atoms with Crippen LogP contribution in [-0.4, -0.2) is 33.9 Å². The van der Waals surface area contributed by atoms with Gasteiger partial charge in [-0.1, -0.05) is 18.2 Å². The van der Waals surface area contributed by atoms with Gasteiger partial charge in [-0.2, -0.15) is 0 Å². The number of nitrogens with zero attached hydrogens (tertiary/aromatic N) is 2. The van der Waals surface area contributed by atoms with Crippen LogP contribution in [0.5, 0.6) is 5.75 Å². The second-order valence-corrected chi connectivity index (χ2v) is 5.11. The van der Waals surface area contributed by atoms with Crippen molar-refractivity contribution in [2.75, 3.05) is 7.11 Å². The highest BCUT2D eigenvalue weighted by Gasteiger charge is 2.22. The number of ether oxygens (including phenoxy) is 1. The predicted molar refractivity (Wildman–Crippen MR) is 83.9 cm³/mol. The minimum absolute atomic E-state index is 0.0612. The van der Waals surface area contributed by atoms with Gasteiger partial charge in [0.05, 0.1) is 13.4 Å². The summed E-state index contributed by atoms with van der Waals surface area (Å²) in [6.45, 7) is 0. The van der Waals surface area contributed by atoms with Crippen molar-refractivity contribution in [2.45, 2.75) is 12.8 Å². The molecule has 0 aliphatic heterocycles. The van der Waals surface area contributed by atoms with E-state index in [4.69, 9.17) is 9.15 Å². The Morgan fingerprint density at radius 3 is 2.79 bits per heavy atom. The molecule has 0 amide bonds. The second-order valence-electron chi connectivity index (χ2n) is 5.11. The summed E-state index contributed by atoms with van der Waals surface area (Å²) in [5.74, 6) is -0.0774. The van der Waals surface area contributed by atoms with Crippen LogP contribution in [0.15, 0.2) is 47.3 Å². The predicted octanol–water partition coefficient (Wildman–Crippen LogP) is 1.99. The number of methoxy groups -OCH3 is 1. The molecule has 122 valence electrons. The molecule has 0 radical (unpaired) electrons. The molecule has 2 aromatic heterocycles. The fraction of sp³-hybridized carbons (Fsp3) is 0.176. The summed E-state index contributed by atoms with van der Waals surface area (Å²) in [5, 5.41) is 6.05. The number of furan rings is 1. The third-order valence-electron chi connectivity index (χ3n) is 3.60. The normalized spacial score (nSPS) is 10.5. The van der Waals surface area contributed by atoms with Crippen LogP contribution in [0, 0.1) is 0 Å². The maximum absolute atomic E-state index is 12.1. The van der Waals surface area contributed by atoms with Crippen molar-refractivity contribution < 1.29 is 18.7 Å². The van der Waals surface area contributed by atoms with Crippen LogP contribution in [0.25, 0.3) is 0 Å². The first kappa shape index (κ1) is 15.7. The van der Waals surface area contributed by atoms with E-state index in [1.165, 1.54) is 12.6 Å². The number of hydrogen-bond acceptors (Lipinski definition) is 6. The van der Waals surface area contributed by atoms with Gasteiger partial charge < -0.3 is 9.15 Å². The molecule has 7 nitrogen and oxygen atoms in total. The van der Waals surface area contributed by atoms with E-state index in [1.54, 1.807) is 13.2 Å². The standard InChI is InChI=1S/C17H15N3O4/c1-23-14-5-3-2-4-11(14)9-15-12(6-7-24-15)8-13(21)16(22)17-18-10-19-20-17/h2-7,10H,8-9H2,1H3,(H,18,19,20). The maximum Gasteiger partial charge on any atom is 0.267 e. The number of aromatic nitrogens is 3. The fourth-order valence-corrected chi connectivity index (χ4v) is 2.40. The SMILES string of the molecule is COc1ccccc1Cc1occc1CC(=O)C(=O)c1nc[nH]n1. The molecule has 0 aliphatic rings. The number of para-hydroxylation sites is 1. The zero-order valence-electron chi connectivity index (χ0n) is 13.0. The first-order valence-corrected chi connectivity index (χ1v) is 7.29. The minimum atomic E-state index is -0.722. The van der Waals surface area contributed by atoms with E-state index >= 15 is 0 Å². The van der Waals surface area contributed by atoms with Gasteiger partial charge in [0.1, 0.15) is 17.8 Å². The Kier molecular flexibility index (Phi) is 4.51. The molecule has 0 aliphatic carbocycles. The van der Waals surface area contributed by atoms with E-state index in [0.717, 1.165) is 11.3 Å². The molecule has 0 atom stereocenters. The van der Waals surface area contributed by atoms with Gasteiger partial charge in [0.25, 0.3) is 5.78 Å². The van der Waals surface area contributed by atoms with Crippen molar-refractivity contribution in [1.82, 2.24) is 15.2 Å². The van der Waals surface area contributed by atoms with Crippen LogP contribution in [0.1, 0.15) is 27.5 Å². The Balaban J connectivity index is 1.76. The number of ketones is 2. The Bertz CT molecular complexity index is 852. The number of rotatable bonds is 7. The monoisotopic (exact) mass is 325 g/mol. The summed E-state index contributed by atoms with van der Waals surface area (Å²) in [6, 6.07) is 9.25. The molecule has 3 aromatic rings. The Morgan fingerprint density at radius 1 is 1.21 bits per heavy atom. The van der Waals surface area contributed by atoms with Crippen molar-refractivity contribution >= 4 is 11.6 Å². The molecule has 1 aromatic carbocycles. The summed E-state index contributed by atoms with van der Waals surface area (Å²) in [4.78, 5) is 27.8. The first-order chi connectivity index (χ1) is 11.7. The van der Waals surface area contributed by atoms with Gasteiger partial charge >= 0.3 is 0 Å². The molecule has 0 bridgehead atoms. The quantitative estimate of drug-likeness (QED) is 0.527. The van der Waals surface area contributed by atoms with Gasteiger partial charge in [-0.3, -0.25) is 14.7 Å². The number of nitrogens with one attached hydrogen (secondary N) is 1. The number of carbonyl (C=O) groups excluding carboxylic acids is 2. The Labute approximate surface area is 137 Å². The third kappa shape index (κ3) is 3.24.